The summed E-state index contributed by atoms with van der Waals surface area (Å²) < 4.78 is 1.80. The van der Waals surface area contributed by atoms with Gasteiger partial charge in [-0.25, -0.2) is 0 Å². The predicted molar refractivity (Wildman–Crippen MR) is 102 cm³/mol. The molecule has 138 valence electrons. The van der Waals surface area contributed by atoms with Crippen molar-refractivity contribution >= 4 is 17.5 Å². The minimum Gasteiger partial charge on any atom is -0.349 e. The molecule has 1 saturated heterocycles. The minimum absolute atomic E-state index is 0.0610. The molecule has 1 aliphatic carbocycles. The van der Waals surface area contributed by atoms with E-state index in [0.29, 0.717) is 12.5 Å². The molecular weight excluding hydrogens is 348 g/mol. The highest BCUT2D eigenvalue weighted by atomic mass is 35.5. The third-order valence-electron chi connectivity index (χ3n) is 5.85. The lowest BCUT2D eigenvalue weighted by molar-refractivity contribution is -0.126. The van der Waals surface area contributed by atoms with E-state index in [2.05, 4.69) is 15.7 Å². The molecule has 4 rings (SSSR count). The van der Waals surface area contributed by atoms with E-state index >= 15 is 0 Å². The lowest BCUT2D eigenvalue weighted by Crippen LogP contribution is -2.41. The highest BCUT2D eigenvalue weighted by Crippen LogP contribution is 2.39. The molecule has 1 saturated carbocycles. The number of carbonyl (C=O) groups is 1. The van der Waals surface area contributed by atoms with Crippen LogP contribution in [-0.4, -0.2) is 28.8 Å². The first-order valence-corrected chi connectivity index (χ1v) is 9.74. The van der Waals surface area contributed by atoms with Crippen molar-refractivity contribution in [3.63, 3.8) is 0 Å². The summed E-state index contributed by atoms with van der Waals surface area (Å²) in [6.07, 6.45) is 7.47. The maximum atomic E-state index is 13.1. The van der Waals surface area contributed by atoms with Crippen LogP contribution in [0.2, 0.25) is 5.02 Å². The topological polar surface area (TPSA) is 59.0 Å². The molecule has 1 unspecified atom stereocenters. The summed E-state index contributed by atoms with van der Waals surface area (Å²) in [6.45, 7) is 1.53. The predicted octanol–water partition coefficient (Wildman–Crippen LogP) is 3.03. The number of hydrogen-bond acceptors (Lipinski definition) is 3. The molecule has 0 bridgehead atoms. The van der Waals surface area contributed by atoms with Gasteiger partial charge in [-0.15, -0.1) is 0 Å². The maximum absolute atomic E-state index is 13.1. The van der Waals surface area contributed by atoms with Crippen molar-refractivity contribution in [2.24, 2.45) is 18.9 Å². The summed E-state index contributed by atoms with van der Waals surface area (Å²) in [6, 6.07) is 7.96. The molecule has 26 heavy (non-hydrogen) atoms. The Hall–Kier alpha value is -1.85. The number of rotatable bonds is 5. The van der Waals surface area contributed by atoms with Crippen LogP contribution in [-0.2, 0) is 11.8 Å². The number of nitrogens with one attached hydrogen (secondary N) is 2. The first-order chi connectivity index (χ1) is 12.6. The highest BCUT2D eigenvalue weighted by molar-refractivity contribution is 6.30. The monoisotopic (exact) mass is 372 g/mol. The zero-order valence-corrected chi connectivity index (χ0v) is 15.7. The summed E-state index contributed by atoms with van der Waals surface area (Å²) in [4.78, 5) is 13.1. The summed E-state index contributed by atoms with van der Waals surface area (Å²) in [5.74, 6) is 0.770. The number of aryl methyl sites for hydroxylation is 1. The molecular formula is C20H25ClN4O. The largest absolute Gasteiger partial charge is 0.349 e. The lowest BCUT2D eigenvalue weighted by atomic mass is 9.77. The van der Waals surface area contributed by atoms with Gasteiger partial charge in [0.25, 0.3) is 0 Å². The van der Waals surface area contributed by atoms with Crippen molar-refractivity contribution in [2.45, 2.75) is 31.2 Å². The van der Waals surface area contributed by atoms with Crippen molar-refractivity contribution in [3.05, 3.63) is 52.8 Å². The van der Waals surface area contributed by atoms with Gasteiger partial charge >= 0.3 is 0 Å². The molecule has 0 radical (unpaired) electrons. The van der Waals surface area contributed by atoms with Crippen molar-refractivity contribution in [1.29, 1.82) is 0 Å². The Morgan fingerprint density at radius 1 is 1.31 bits per heavy atom. The fraction of sp³-hybridized carbons (Fsp3) is 0.500. The zero-order chi connectivity index (χ0) is 18.1. The average molecular weight is 373 g/mol. The molecule has 0 spiro atoms. The van der Waals surface area contributed by atoms with Gasteiger partial charge < -0.3 is 10.6 Å². The molecule has 2 aromatic rings. The standard InChI is InChI=1S/C20H25ClN4O/c1-25-12-15(9-23-25)17-10-22-11-18(17)20(26)24-19(13-3-2-4-13)14-5-7-16(21)8-6-14/h5-9,12-13,17-19,22H,2-4,10-11H2,1H3,(H,24,26)/t17-,18+,19?/m1/s1. The van der Waals surface area contributed by atoms with E-state index in [4.69, 9.17) is 11.6 Å². The molecule has 3 atom stereocenters. The van der Waals surface area contributed by atoms with Crippen LogP contribution in [0, 0.1) is 11.8 Å². The van der Waals surface area contributed by atoms with E-state index in [1.807, 2.05) is 43.7 Å². The van der Waals surface area contributed by atoms with Crippen molar-refractivity contribution in [3.8, 4) is 0 Å². The van der Waals surface area contributed by atoms with Gasteiger partial charge in [0.05, 0.1) is 18.2 Å². The molecule has 1 amide bonds. The Balaban J connectivity index is 1.51. The van der Waals surface area contributed by atoms with E-state index in [9.17, 15) is 4.79 Å². The van der Waals surface area contributed by atoms with Crippen LogP contribution >= 0.6 is 11.6 Å². The molecule has 1 aromatic heterocycles. The van der Waals surface area contributed by atoms with Gasteiger partial charge in [0.1, 0.15) is 0 Å². The van der Waals surface area contributed by atoms with E-state index in [1.54, 1.807) is 4.68 Å². The molecule has 1 aromatic carbocycles. The Bertz CT molecular complexity index is 768. The number of carbonyl (C=O) groups excluding carboxylic acids is 1. The van der Waals surface area contributed by atoms with Crippen LogP contribution in [0.4, 0.5) is 0 Å². The fourth-order valence-corrected chi connectivity index (χ4v) is 4.24. The highest BCUT2D eigenvalue weighted by Gasteiger charge is 2.37. The quantitative estimate of drug-likeness (QED) is 0.848. The van der Waals surface area contributed by atoms with Crippen LogP contribution in [0.25, 0.3) is 0 Å². The SMILES string of the molecule is Cn1cc([C@H]2CNC[C@@H]2C(=O)NC(c2ccc(Cl)cc2)C2CCC2)cn1. The number of halogens is 1. The van der Waals surface area contributed by atoms with Crippen molar-refractivity contribution in [2.75, 3.05) is 13.1 Å². The second kappa shape index (κ2) is 7.41. The Kier molecular flexibility index (Phi) is 5.00. The second-order valence-electron chi connectivity index (χ2n) is 7.55. The first-order valence-electron chi connectivity index (χ1n) is 9.37. The van der Waals surface area contributed by atoms with E-state index in [1.165, 1.54) is 19.3 Å². The van der Waals surface area contributed by atoms with E-state index < -0.39 is 0 Å². The van der Waals surface area contributed by atoms with Gasteiger partial charge in [0, 0.05) is 37.3 Å². The molecule has 2 heterocycles. The zero-order valence-electron chi connectivity index (χ0n) is 15.0. The van der Waals surface area contributed by atoms with Crippen LogP contribution in [0.1, 0.15) is 42.3 Å². The summed E-state index contributed by atoms with van der Waals surface area (Å²) in [5.41, 5.74) is 2.28. The van der Waals surface area contributed by atoms with Crippen LogP contribution < -0.4 is 10.6 Å². The molecule has 2 fully saturated rings. The summed E-state index contributed by atoms with van der Waals surface area (Å²) >= 11 is 6.04. The molecule has 1 aliphatic heterocycles. The van der Waals surface area contributed by atoms with Gasteiger partial charge in [0.15, 0.2) is 0 Å². The number of hydrogen-bond donors (Lipinski definition) is 2. The number of aromatic nitrogens is 2. The lowest BCUT2D eigenvalue weighted by Gasteiger charge is -2.35. The Labute approximate surface area is 159 Å². The van der Waals surface area contributed by atoms with Gasteiger partial charge in [-0.05, 0) is 42.0 Å². The van der Waals surface area contributed by atoms with E-state index in [-0.39, 0.29) is 23.8 Å². The number of benzene rings is 1. The molecule has 2 aliphatic rings. The smallest absolute Gasteiger partial charge is 0.225 e. The molecule has 6 heteroatoms. The Morgan fingerprint density at radius 2 is 2.08 bits per heavy atom. The number of nitrogens with zero attached hydrogens (tertiary/aromatic N) is 2. The van der Waals surface area contributed by atoms with Gasteiger partial charge in [-0.3, -0.25) is 9.48 Å². The van der Waals surface area contributed by atoms with E-state index in [0.717, 1.165) is 22.7 Å². The van der Waals surface area contributed by atoms with Gasteiger partial charge in [-0.2, -0.15) is 5.10 Å². The summed E-state index contributed by atoms with van der Waals surface area (Å²) in [7, 11) is 1.91. The summed E-state index contributed by atoms with van der Waals surface area (Å²) in [5, 5.41) is 11.7. The van der Waals surface area contributed by atoms with Crippen LogP contribution in [0.5, 0.6) is 0 Å². The molecule has 2 N–H and O–H groups in total. The molecule has 5 nitrogen and oxygen atoms in total. The van der Waals surface area contributed by atoms with Crippen molar-refractivity contribution < 1.29 is 4.79 Å². The van der Waals surface area contributed by atoms with Gasteiger partial charge in [0.2, 0.25) is 5.91 Å². The third kappa shape index (κ3) is 3.51. The van der Waals surface area contributed by atoms with Gasteiger partial charge in [-0.1, -0.05) is 30.2 Å². The Morgan fingerprint density at radius 3 is 2.69 bits per heavy atom. The minimum atomic E-state index is -0.0610. The van der Waals surface area contributed by atoms with Crippen LogP contribution in [0.15, 0.2) is 36.7 Å². The fourth-order valence-electron chi connectivity index (χ4n) is 4.11. The normalized spacial score (nSPS) is 24.2. The van der Waals surface area contributed by atoms with Crippen molar-refractivity contribution in [1.82, 2.24) is 20.4 Å². The maximum Gasteiger partial charge on any atom is 0.225 e. The second-order valence-corrected chi connectivity index (χ2v) is 7.98. The number of amides is 1. The van der Waals surface area contributed by atoms with Crippen LogP contribution in [0.3, 0.4) is 0 Å². The first kappa shape index (κ1) is 17.6. The third-order valence-corrected chi connectivity index (χ3v) is 6.10. The average Bonchev–Trinajstić information content (AvgIpc) is 3.22.